The van der Waals surface area contributed by atoms with Crippen molar-refractivity contribution in [2.24, 2.45) is 7.05 Å². The number of rotatable bonds is 3. The molecule has 8 nitrogen and oxygen atoms in total. The molecule has 0 aliphatic heterocycles. The van der Waals surface area contributed by atoms with Gasteiger partial charge in [-0.15, -0.1) is 0 Å². The van der Waals surface area contributed by atoms with Crippen LogP contribution >= 0.6 is 0 Å². The van der Waals surface area contributed by atoms with Gasteiger partial charge >= 0.3 is 0 Å². The summed E-state index contributed by atoms with van der Waals surface area (Å²) in [6.45, 7) is 0.386. The van der Waals surface area contributed by atoms with Crippen molar-refractivity contribution in [2.75, 3.05) is 5.73 Å². The highest BCUT2D eigenvalue weighted by Crippen LogP contribution is 2.13. The first-order chi connectivity index (χ1) is 8.70. The summed E-state index contributed by atoms with van der Waals surface area (Å²) in [4.78, 5) is 4.24. The second-order valence-electron chi connectivity index (χ2n) is 3.86. The van der Waals surface area contributed by atoms with Crippen molar-refractivity contribution >= 4 is 5.69 Å². The van der Waals surface area contributed by atoms with Crippen LogP contribution < -0.4 is 5.73 Å². The zero-order chi connectivity index (χ0) is 12.5. The van der Waals surface area contributed by atoms with E-state index in [2.05, 4.69) is 20.3 Å². The summed E-state index contributed by atoms with van der Waals surface area (Å²) in [7, 11) is 1.83. The topological polar surface area (TPSA) is 101 Å². The van der Waals surface area contributed by atoms with Crippen LogP contribution in [0.25, 0.3) is 11.5 Å². The average Bonchev–Trinajstić information content (AvgIpc) is 3.01. The monoisotopic (exact) mass is 245 g/mol. The molecule has 92 valence electrons. The van der Waals surface area contributed by atoms with Crippen LogP contribution in [0.15, 0.2) is 29.2 Å². The molecule has 0 aliphatic rings. The summed E-state index contributed by atoms with van der Waals surface area (Å²) in [5.74, 6) is 0.921. The largest absolute Gasteiger partial charge is 0.396 e. The van der Waals surface area contributed by atoms with Crippen LogP contribution in [-0.4, -0.2) is 29.7 Å². The van der Waals surface area contributed by atoms with Gasteiger partial charge in [0.15, 0.2) is 0 Å². The van der Waals surface area contributed by atoms with Gasteiger partial charge in [0.1, 0.15) is 12.2 Å². The molecule has 0 fully saturated rings. The van der Waals surface area contributed by atoms with Gasteiger partial charge in [-0.2, -0.15) is 15.2 Å². The Balaban J connectivity index is 1.81. The number of anilines is 1. The molecular formula is C10H11N7O. The van der Waals surface area contributed by atoms with Crippen LogP contribution in [0.4, 0.5) is 5.69 Å². The summed E-state index contributed by atoms with van der Waals surface area (Å²) < 4.78 is 8.44. The Hall–Kier alpha value is -2.64. The van der Waals surface area contributed by atoms with Crippen molar-refractivity contribution in [3.05, 3.63) is 30.5 Å². The van der Waals surface area contributed by atoms with Crippen molar-refractivity contribution in [3.63, 3.8) is 0 Å². The highest BCUT2D eigenvalue weighted by molar-refractivity contribution is 5.46. The zero-order valence-corrected chi connectivity index (χ0v) is 9.69. The molecule has 3 rings (SSSR count). The Morgan fingerprint density at radius 1 is 1.44 bits per heavy atom. The summed E-state index contributed by atoms with van der Waals surface area (Å²) in [6, 6.07) is 1.82. The van der Waals surface area contributed by atoms with Gasteiger partial charge in [0, 0.05) is 19.4 Å². The second-order valence-corrected chi connectivity index (χ2v) is 3.86. The van der Waals surface area contributed by atoms with Crippen molar-refractivity contribution in [3.8, 4) is 11.5 Å². The molecule has 0 radical (unpaired) electrons. The molecular weight excluding hydrogens is 234 g/mol. The quantitative estimate of drug-likeness (QED) is 0.712. The van der Waals surface area contributed by atoms with Gasteiger partial charge in [-0.25, -0.2) is 0 Å². The molecule has 3 aromatic rings. The first-order valence-corrected chi connectivity index (χ1v) is 5.31. The van der Waals surface area contributed by atoms with Crippen LogP contribution in [0.5, 0.6) is 0 Å². The number of aromatic nitrogens is 6. The predicted octanol–water partition coefficient (Wildman–Crippen LogP) is 0.297. The molecule has 8 heteroatoms. The van der Waals surface area contributed by atoms with Gasteiger partial charge in [-0.3, -0.25) is 9.36 Å². The fourth-order valence-electron chi connectivity index (χ4n) is 1.56. The molecule has 18 heavy (non-hydrogen) atoms. The average molecular weight is 245 g/mol. The smallest absolute Gasteiger partial charge is 0.248 e. The van der Waals surface area contributed by atoms with Crippen molar-refractivity contribution in [1.29, 1.82) is 0 Å². The van der Waals surface area contributed by atoms with Gasteiger partial charge in [0.2, 0.25) is 11.7 Å². The van der Waals surface area contributed by atoms with Gasteiger partial charge in [0.25, 0.3) is 0 Å². The molecule has 3 heterocycles. The number of hydrogen-bond acceptors (Lipinski definition) is 6. The van der Waals surface area contributed by atoms with Crippen molar-refractivity contribution in [2.45, 2.75) is 6.54 Å². The summed E-state index contributed by atoms with van der Waals surface area (Å²) in [5, 5.41) is 12.1. The Labute approximate surface area is 102 Å². The molecule has 0 bridgehead atoms. The fraction of sp³-hybridized carbons (Fsp3) is 0.200. The standard InChI is InChI=1S/C10H11N7O/c1-16-3-2-8(14-16)10-13-9(18-15-10)6-17-5-7(11)4-12-17/h2-5H,6,11H2,1H3. The molecule has 0 unspecified atom stereocenters. The summed E-state index contributed by atoms with van der Waals surface area (Å²) in [6.07, 6.45) is 5.08. The number of nitrogen functional groups attached to an aromatic ring is 1. The molecule has 0 saturated carbocycles. The van der Waals surface area contributed by atoms with Crippen LogP contribution in [0.2, 0.25) is 0 Å². The highest BCUT2D eigenvalue weighted by Gasteiger charge is 2.11. The normalized spacial score (nSPS) is 10.9. The van der Waals surface area contributed by atoms with E-state index in [1.165, 1.54) is 0 Å². The lowest BCUT2D eigenvalue weighted by molar-refractivity contribution is 0.366. The van der Waals surface area contributed by atoms with Crippen molar-refractivity contribution in [1.82, 2.24) is 29.7 Å². The molecule has 0 saturated heterocycles. The predicted molar refractivity (Wildman–Crippen MR) is 62.2 cm³/mol. The minimum absolute atomic E-state index is 0.386. The van der Waals surface area contributed by atoms with E-state index in [4.69, 9.17) is 10.3 Å². The minimum Gasteiger partial charge on any atom is -0.396 e. The molecule has 0 spiro atoms. The number of nitrogens with zero attached hydrogens (tertiary/aromatic N) is 6. The lowest BCUT2D eigenvalue weighted by Crippen LogP contribution is -2.00. The fourth-order valence-corrected chi connectivity index (χ4v) is 1.56. The molecule has 0 amide bonds. The van der Waals surface area contributed by atoms with Gasteiger partial charge < -0.3 is 10.3 Å². The molecule has 0 aliphatic carbocycles. The van der Waals surface area contributed by atoms with E-state index < -0.39 is 0 Å². The van der Waals surface area contributed by atoms with Crippen LogP contribution in [0.3, 0.4) is 0 Å². The Kier molecular flexibility index (Phi) is 2.33. The SMILES string of the molecule is Cn1ccc(-c2noc(Cn3cc(N)cn3)n2)n1. The molecule has 0 atom stereocenters. The van der Waals surface area contributed by atoms with Gasteiger partial charge in [0.05, 0.1) is 11.9 Å². The maximum atomic E-state index is 5.57. The Bertz CT molecular complexity index is 665. The Morgan fingerprint density at radius 2 is 2.33 bits per heavy atom. The first kappa shape index (κ1) is 10.5. The third kappa shape index (κ3) is 1.95. The minimum atomic E-state index is 0.386. The van der Waals surface area contributed by atoms with Gasteiger partial charge in [-0.05, 0) is 6.07 Å². The summed E-state index contributed by atoms with van der Waals surface area (Å²) >= 11 is 0. The van der Waals surface area contributed by atoms with Gasteiger partial charge in [-0.1, -0.05) is 5.16 Å². The maximum Gasteiger partial charge on any atom is 0.248 e. The zero-order valence-electron chi connectivity index (χ0n) is 9.69. The third-order valence-corrected chi connectivity index (χ3v) is 2.36. The lowest BCUT2D eigenvalue weighted by Gasteiger charge is -1.93. The van der Waals surface area contributed by atoms with Crippen molar-refractivity contribution < 1.29 is 4.52 Å². The van der Waals surface area contributed by atoms with E-state index in [9.17, 15) is 0 Å². The van der Waals surface area contributed by atoms with E-state index in [1.54, 1.807) is 21.8 Å². The number of aryl methyl sites for hydroxylation is 1. The van der Waals surface area contributed by atoms with E-state index in [-0.39, 0.29) is 0 Å². The molecule has 2 N–H and O–H groups in total. The van der Waals surface area contributed by atoms with E-state index >= 15 is 0 Å². The lowest BCUT2D eigenvalue weighted by atomic mass is 10.4. The number of hydrogen-bond donors (Lipinski definition) is 1. The van der Waals surface area contributed by atoms with Crippen LogP contribution in [0.1, 0.15) is 5.89 Å². The molecule has 3 aromatic heterocycles. The van der Waals surface area contributed by atoms with E-state index in [0.717, 1.165) is 0 Å². The third-order valence-electron chi connectivity index (χ3n) is 2.36. The van der Waals surface area contributed by atoms with Crippen LogP contribution in [-0.2, 0) is 13.6 Å². The van der Waals surface area contributed by atoms with E-state index in [0.29, 0.717) is 29.6 Å². The maximum absolute atomic E-state index is 5.57. The second kappa shape index (κ2) is 3.99. The summed E-state index contributed by atoms with van der Waals surface area (Å²) in [5.41, 5.74) is 6.84. The highest BCUT2D eigenvalue weighted by atomic mass is 16.5. The first-order valence-electron chi connectivity index (χ1n) is 5.31. The molecule has 0 aromatic carbocycles. The van der Waals surface area contributed by atoms with E-state index in [1.807, 2.05) is 19.3 Å². The Morgan fingerprint density at radius 3 is 3.00 bits per heavy atom. The van der Waals surface area contributed by atoms with Crippen LogP contribution in [0, 0.1) is 0 Å². The number of nitrogens with two attached hydrogens (primary N) is 1.